The van der Waals surface area contributed by atoms with Gasteiger partial charge in [-0.05, 0) is 31.4 Å². The second-order valence-electron chi connectivity index (χ2n) is 2.80. The van der Waals surface area contributed by atoms with Crippen LogP contribution in [-0.4, -0.2) is 10.9 Å². The lowest BCUT2D eigenvalue weighted by Crippen LogP contribution is -1.97. The Labute approximate surface area is 80.0 Å². The summed E-state index contributed by atoms with van der Waals surface area (Å²) >= 11 is 0. The van der Waals surface area contributed by atoms with Crippen LogP contribution < -0.4 is 0 Å². The molecule has 0 saturated carbocycles. The second-order valence-corrected chi connectivity index (χ2v) is 2.80. The first kappa shape index (κ1) is 11.7. The van der Waals surface area contributed by atoms with Gasteiger partial charge in [0.1, 0.15) is 0 Å². The molecule has 0 radical (unpaired) electrons. The molecule has 0 aliphatic carbocycles. The molecule has 0 fully saturated rings. The van der Waals surface area contributed by atoms with Gasteiger partial charge >= 0.3 is 0 Å². The Morgan fingerprint density at radius 2 is 2.15 bits per heavy atom. The van der Waals surface area contributed by atoms with Crippen molar-refractivity contribution in [1.82, 2.24) is 0 Å². The van der Waals surface area contributed by atoms with Crippen molar-refractivity contribution in [3.63, 3.8) is 0 Å². The van der Waals surface area contributed by atoms with Crippen molar-refractivity contribution < 1.29 is 5.21 Å². The fourth-order valence-corrected chi connectivity index (χ4v) is 1.05. The van der Waals surface area contributed by atoms with Crippen LogP contribution in [0.5, 0.6) is 0 Å². The van der Waals surface area contributed by atoms with E-state index in [4.69, 9.17) is 5.21 Å². The number of hydrogen-bond acceptors (Lipinski definition) is 2. The van der Waals surface area contributed by atoms with Crippen LogP contribution in [0.4, 0.5) is 0 Å². The van der Waals surface area contributed by atoms with E-state index in [1.54, 1.807) is 0 Å². The highest BCUT2D eigenvalue weighted by atomic mass is 16.4. The van der Waals surface area contributed by atoms with Gasteiger partial charge in [0.15, 0.2) is 0 Å². The van der Waals surface area contributed by atoms with Crippen LogP contribution in [0.3, 0.4) is 0 Å². The third kappa shape index (κ3) is 4.31. The largest absolute Gasteiger partial charge is 0.411 e. The Balaban J connectivity index is 4.57. The molecule has 0 aliphatic rings. The maximum absolute atomic E-state index is 8.64. The van der Waals surface area contributed by atoms with E-state index in [2.05, 4.69) is 11.7 Å². The summed E-state index contributed by atoms with van der Waals surface area (Å²) in [5.41, 5.74) is 2.56. The zero-order valence-electron chi connectivity index (χ0n) is 8.54. The van der Waals surface area contributed by atoms with Gasteiger partial charge in [-0.15, -0.1) is 0 Å². The van der Waals surface area contributed by atoms with Crippen molar-refractivity contribution in [3.8, 4) is 0 Å². The molecule has 2 heteroatoms. The number of hydrogen-bond donors (Lipinski definition) is 1. The van der Waals surface area contributed by atoms with E-state index in [-0.39, 0.29) is 0 Å². The maximum atomic E-state index is 8.64. The van der Waals surface area contributed by atoms with E-state index in [1.807, 2.05) is 39.0 Å². The van der Waals surface area contributed by atoms with Crippen LogP contribution >= 0.6 is 0 Å². The molecule has 2 nitrogen and oxygen atoms in total. The zero-order chi connectivity index (χ0) is 10.3. The zero-order valence-corrected chi connectivity index (χ0v) is 8.54. The normalized spacial score (nSPS) is 13.8. The minimum Gasteiger partial charge on any atom is -0.411 e. The first-order chi connectivity index (χ1) is 6.15. The van der Waals surface area contributed by atoms with Crippen LogP contribution in [0, 0.1) is 0 Å². The van der Waals surface area contributed by atoms with Gasteiger partial charge in [0.2, 0.25) is 0 Å². The van der Waals surface area contributed by atoms with Gasteiger partial charge in [-0.25, -0.2) is 0 Å². The minimum atomic E-state index is 0.700. The number of nitrogens with zero attached hydrogens (tertiary/aromatic N) is 1. The lowest BCUT2D eigenvalue weighted by molar-refractivity contribution is 0.318. The van der Waals surface area contributed by atoms with Gasteiger partial charge in [-0.1, -0.05) is 36.9 Å². The summed E-state index contributed by atoms with van der Waals surface area (Å²) in [6.07, 6.45) is 6.46. The summed E-state index contributed by atoms with van der Waals surface area (Å²) in [6, 6.07) is 0. The summed E-state index contributed by atoms with van der Waals surface area (Å²) in [6.45, 7) is 9.63. The standard InChI is InChI=1S/C11H17NO/c1-5-7-9(3)8-10(4)11(6-2)12-13/h5,7-8,13H,3,6H2,1-2,4H3/b7-5-,10-8+,12-11+. The van der Waals surface area contributed by atoms with Crippen molar-refractivity contribution in [2.45, 2.75) is 27.2 Å². The molecule has 0 saturated heterocycles. The molecule has 1 N–H and O–H groups in total. The molecule has 0 bridgehead atoms. The van der Waals surface area contributed by atoms with E-state index in [0.29, 0.717) is 5.71 Å². The molecule has 0 aromatic carbocycles. The quantitative estimate of drug-likeness (QED) is 0.305. The topological polar surface area (TPSA) is 32.6 Å². The van der Waals surface area contributed by atoms with Gasteiger partial charge in [-0.2, -0.15) is 0 Å². The molecule has 0 spiro atoms. The molecule has 0 aliphatic heterocycles. The SMILES string of the molecule is C=C(/C=C\C)/C=C(C)/C(CC)=N/O. The summed E-state index contributed by atoms with van der Waals surface area (Å²) in [4.78, 5) is 0. The molecule has 0 heterocycles. The second kappa shape index (κ2) is 6.23. The molecule has 0 aromatic rings. The minimum absolute atomic E-state index is 0.700. The molecule has 13 heavy (non-hydrogen) atoms. The Morgan fingerprint density at radius 3 is 2.54 bits per heavy atom. The number of rotatable bonds is 4. The fourth-order valence-electron chi connectivity index (χ4n) is 1.05. The predicted octanol–water partition coefficient (Wildman–Crippen LogP) is 3.31. The Hall–Kier alpha value is -1.31. The van der Waals surface area contributed by atoms with Crippen molar-refractivity contribution in [3.05, 3.63) is 36.0 Å². The fraction of sp³-hybridized carbons (Fsp3) is 0.364. The molecule has 0 aromatic heterocycles. The van der Waals surface area contributed by atoms with Crippen molar-refractivity contribution in [2.75, 3.05) is 0 Å². The molecule has 0 rings (SSSR count). The smallest absolute Gasteiger partial charge is 0.0822 e. The van der Waals surface area contributed by atoms with Crippen LogP contribution in [-0.2, 0) is 0 Å². The van der Waals surface area contributed by atoms with E-state index in [0.717, 1.165) is 17.6 Å². The first-order valence-corrected chi connectivity index (χ1v) is 4.36. The van der Waals surface area contributed by atoms with Crippen LogP contribution in [0.15, 0.2) is 41.1 Å². The summed E-state index contributed by atoms with van der Waals surface area (Å²) in [5, 5.41) is 11.8. The van der Waals surface area contributed by atoms with E-state index in [9.17, 15) is 0 Å². The van der Waals surface area contributed by atoms with Crippen molar-refractivity contribution >= 4 is 5.71 Å². The third-order valence-electron chi connectivity index (χ3n) is 1.69. The van der Waals surface area contributed by atoms with Gasteiger partial charge < -0.3 is 5.21 Å². The van der Waals surface area contributed by atoms with Crippen LogP contribution in [0.1, 0.15) is 27.2 Å². The highest BCUT2D eigenvalue weighted by molar-refractivity contribution is 5.99. The van der Waals surface area contributed by atoms with E-state index in [1.165, 1.54) is 0 Å². The average Bonchev–Trinajstić information content (AvgIpc) is 2.06. The van der Waals surface area contributed by atoms with Gasteiger partial charge in [0, 0.05) is 0 Å². The molecular formula is C11H17NO. The van der Waals surface area contributed by atoms with Gasteiger partial charge in [0.25, 0.3) is 0 Å². The predicted molar refractivity (Wildman–Crippen MR) is 57.2 cm³/mol. The van der Waals surface area contributed by atoms with Crippen molar-refractivity contribution in [1.29, 1.82) is 0 Å². The van der Waals surface area contributed by atoms with E-state index < -0.39 is 0 Å². The number of allylic oxidation sites excluding steroid dienone is 5. The highest BCUT2D eigenvalue weighted by Gasteiger charge is 1.98. The lowest BCUT2D eigenvalue weighted by Gasteiger charge is -2.00. The molecule has 0 atom stereocenters. The summed E-state index contributed by atoms with van der Waals surface area (Å²) in [5.74, 6) is 0. The van der Waals surface area contributed by atoms with E-state index >= 15 is 0 Å². The third-order valence-corrected chi connectivity index (χ3v) is 1.69. The molecule has 72 valence electrons. The van der Waals surface area contributed by atoms with Crippen LogP contribution in [0.25, 0.3) is 0 Å². The van der Waals surface area contributed by atoms with Crippen LogP contribution in [0.2, 0.25) is 0 Å². The highest BCUT2D eigenvalue weighted by Crippen LogP contribution is 2.06. The summed E-state index contributed by atoms with van der Waals surface area (Å²) < 4.78 is 0. The monoisotopic (exact) mass is 179 g/mol. The molecule has 0 unspecified atom stereocenters. The molecular weight excluding hydrogens is 162 g/mol. The van der Waals surface area contributed by atoms with Gasteiger partial charge in [0.05, 0.1) is 5.71 Å². The summed E-state index contributed by atoms with van der Waals surface area (Å²) in [7, 11) is 0. The Bertz CT molecular complexity index is 259. The Kier molecular flexibility index (Phi) is 5.60. The molecule has 0 amide bonds. The Morgan fingerprint density at radius 1 is 1.54 bits per heavy atom. The maximum Gasteiger partial charge on any atom is 0.0822 e. The van der Waals surface area contributed by atoms with Gasteiger partial charge in [-0.3, -0.25) is 0 Å². The van der Waals surface area contributed by atoms with Crippen molar-refractivity contribution in [2.24, 2.45) is 5.16 Å². The first-order valence-electron chi connectivity index (χ1n) is 4.36. The lowest BCUT2D eigenvalue weighted by atomic mass is 10.1. The number of oxime groups is 1. The average molecular weight is 179 g/mol.